The van der Waals surface area contributed by atoms with Gasteiger partial charge < -0.3 is 20.1 Å². The maximum Gasteiger partial charge on any atom is 0.412 e. The number of carbonyl (C=O) groups excluding carboxylic acids is 1. The maximum atomic E-state index is 12.9. The predicted molar refractivity (Wildman–Crippen MR) is 134 cm³/mol. The number of amides is 1. The molecule has 0 radical (unpaired) electrons. The number of halogens is 1. The zero-order valence-electron chi connectivity index (χ0n) is 20.0. The fourth-order valence-electron chi connectivity index (χ4n) is 3.64. The van der Waals surface area contributed by atoms with Crippen molar-refractivity contribution in [3.63, 3.8) is 0 Å². The fraction of sp³-hybridized carbons (Fsp3) is 0.682. The summed E-state index contributed by atoms with van der Waals surface area (Å²) >= 11 is 0. The number of aromatic nitrogens is 1. The van der Waals surface area contributed by atoms with E-state index in [-0.39, 0.29) is 42.2 Å². The Morgan fingerprint density at radius 3 is 2.61 bits per heavy atom. The molecule has 176 valence electrons. The van der Waals surface area contributed by atoms with Gasteiger partial charge in [0.05, 0.1) is 12.1 Å². The van der Waals surface area contributed by atoms with Gasteiger partial charge in [-0.05, 0) is 72.1 Å². The number of carbonyl (C=O) groups is 1. The number of hydrogen-bond donors (Lipinski definition) is 2. The SMILES string of the molecule is CN=C(NCCc1ccncc1C)NCC1C(C)OC(C)(C)N1C(=O)OC(C)(C)C.I. The van der Waals surface area contributed by atoms with E-state index in [4.69, 9.17) is 9.47 Å². The van der Waals surface area contributed by atoms with E-state index in [1.807, 2.05) is 60.0 Å². The fourth-order valence-corrected chi connectivity index (χ4v) is 3.64. The highest BCUT2D eigenvalue weighted by Gasteiger charge is 2.49. The maximum absolute atomic E-state index is 12.9. The topological polar surface area (TPSA) is 88.1 Å². The molecule has 31 heavy (non-hydrogen) atoms. The molecule has 1 aliphatic rings. The van der Waals surface area contributed by atoms with Crippen molar-refractivity contribution in [2.24, 2.45) is 4.99 Å². The Kier molecular flexibility index (Phi) is 10.00. The monoisotopic (exact) mass is 547 g/mol. The number of aliphatic imine (C=N–C) groups is 1. The molecular weight excluding hydrogens is 509 g/mol. The molecule has 0 saturated carbocycles. The first-order chi connectivity index (χ1) is 13.9. The second-order valence-electron chi connectivity index (χ2n) is 9.12. The number of ether oxygens (including phenoxy) is 2. The van der Waals surface area contributed by atoms with Gasteiger partial charge in [-0.25, -0.2) is 4.79 Å². The van der Waals surface area contributed by atoms with Crippen molar-refractivity contribution in [2.75, 3.05) is 20.1 Å². The molecule has 1 aliphatic heterocycles. The van der Waals surface area contributed by atoms with Crippen molar-refractivity contribution in [2.45, 2.75) is 78.4 Å². The van der Waals surface area contributed by atoms with E-state index in [0.717, 1.165) is 13.0 Å². The summed E-state index contributed by atoms with van der Waals surface area (Å²) in [6.07, 6.45) is 4.04. The van der Waals surface area contributed by atoms with Crippen LogP contribution in [0, 0.1) is 6.92 Å². The quantitative estimate of drug-likeness (QED) is 0.334. The summed E-state index contributed by atoms with van der Waals surface area (Å²) < 4.78 is 11.7. The Morgan fingerprint density at radius 1 is 1.35 bits per heavy atom. The zero-order chi connectivity index (χ0) is 22.5. The number of pyridine rings is 1. The molecule has 1 amide bonds. The highest BCUT2D eigenvalue weighted by atomic mass is 127. The normalized spacial score (nSPS) is 20.8. The van der Waals surface area contributed by atoms with Crippen LogP contribution in [0.3, 0.4) is 0 Å². The summed E-state index contributed by atoms with van der Waals surface area (Å²) in [5, 5.41) is 6.66. The average molecular weight is 547 g/mol. The summed E-state index contributed by atoms with van der Waals surface area (Å²) in [5.74, 6) is 0.683. The molecule has 2 atom stereocenters. The number of aryl methyl sites for hydroxylation is 1. The number of nitrogens with zero attached hydrogens (tertiary/aromatic N) is 3. The lowest BCUT2D eigenvalue weighted by Crippen LogP contribution is -2.54. The van der Waals surface area contributed by atoms with Crippen LogP contribution in [0.2, 0.25) is 0 Å². The lowest BCUT2D eigenvalue weighted by molar-refractivity contribution is -0.0755. The van der Waals surface area contributed by atoms with Crippen molar-refractivity contribution < 1.29 is 14.3 Å². The lowest BCUT2D eigenvalue weighted by Gasteiger charge is -2.35. The molecular formula is C22H38IN5O3. The van der Waals surface area contributed by atoms with Crippen molar-refractivity contribution in [3.8, 4) is 0 Å². The van der Waals surface area contributed by atoms with Crippen LogP contribution in [0.4, 0.5) is 4.79 Å². The minimum absolute atomic E-state index is 0. The Morgan fingerprint density at radius 2 is 2.03 bits per heavy atom. The van der Waals surface area contributed by atoms with Gasteiger partial charge in [-0.15, -0.1) is 24.0 Å². The Labute approximate surface area is 203 Å². The number of guanidine groups is 1. The van der Waals surface area contributed by atoms with Gasteiger partial charge in [-0.1, -0.05) is 0 Å². The van der Waals surface area contributed by atoms with Crippen molar-refractivity contribution >= 4 is 36.0 Å². The van der Waals surface area contributed by atoms with Gasteiger partial charge in [0.15, 0.2) is 5.96 Å². The summed E-state index contributed by atoms with van der Waals surface area (Å²) in [6.45, 7) is 14.6. The molecule has 2 rings (SSSR count). The minimum atomic E-state index is -0.746. The summed E-state index contributed by atoms with van der Waals surface area (Å²) in [4.78, 5) is 23.0. The molecule has 1 aromatic rings. The molecule has 9 heteroatoms. The average Bonchev–Trinajstić information content (AvgIpc) is 2.86. The largest absolute Gasteiger partial charge is 0.444 e. The van der Waals surface area contributed by atoms with Gasteiger partial charge in [0.1, 0.15) is 11.3 Å². The summed E-state index contributed by atoms with van der Waals surface area (Å²) in [7, 11) is 1.73. The van der Waals surface area contributed by atoms with E-state index in [1.54, 1.807) is 11.9 Å². The van der Waals surface area contributed by atoms with Crippen molar-refractivity contribution in [3.05, 3.63) is 29.6 Å². The highest BCUT2D eigenvalue weighted by molar-refractivity contribution is 14.0. The van der Waals surface area contributed by atoms with E-state index in [2.05, 4.69) is 27.5 Å². The first-order valence-electron chi connectivity index (χ1n) is 10.5. The molecule has 1 aromatic heterocycles. The molecule has 2 unspecified atom stereocenters. The smallest absolute Gasteiger partial charge is 0.412 e. The first kappa shape index (κ1) is 27.4. The summed E-state index contributed by atoms with van der Waals surface area (Å²) in [5.41, 5.74) is 1.11. The number of hydrogen-bond acceptors (Lipinski definition) is 5. The van der Waals surface area contributed by atoms with Crippen LogP contribution in [0.5, 0.6) is 0 Å². The van der Waals surface area contributed by atoms with Crippen LogP contribution in [0.1, 0.15) is 52.7 Å². The molecule has 0 aromatic carbocycles. The van der Waals surface area contributed by atoms with E-state index in [9.17, 15) is 4.79 Å². The van der Waals surface area contributed by atoms with Crippen molar-refractivity contribution in [1.29, 1.82) is 0 Å². The van der Waals surface area contributed by atoms with Gasteiger partial charge in [0.25, 0.3) is 0 Å². The Balaban J connectivity index is 0.00000480. The number of nitrogens with one attached hydrogen (secondary N) is 2. The van der Waals surface area contributed by atoms with Crippen LogP contribution in [-0.4, -0.2) is 65.5 Å². The van der Waals surface area contributed by atoms with Crippen LogP contribution in [-0.2, 0) is 15.9 Å². The zero-order valence-corrected chi connectivity index (χ0v) is 22.3. The van der Waals surface area contributed by atoms with Gasteiger partial charge in [0, 0.05) is 32.5 Å². The van der Waals surface area contributed by atoms with Gasteiger partial charge >= 0.3 is 6.09 Å². The first-order valence-corrected chi connectivity index (χ1v) is 10.5. The molecule has 1 fully saturated rings. The Bertz CT molecular complexity index is 764. The van der Waals surface area contributed by atoms with E-state index in [0.29, 0.717) is 12.5 Å². The lowest BCUT2D eigenvalue weighted by atomic mass is 10.1. The van der Waals surface area contributed by atoms with Crippen LogP contribution >= 0.6 is 24.0 Å². The minimum Gasteiger partial charge on any atom is -0.444 e. The second kappa shape index (κ2) is 11.3. The third kappa shape index (κ3) is 7.78. The van der Waals surface area contributed by atoms with Gasteiger partial charge in [-0.3, -0.25) is 14.9 Å². The molecule has 0 spiro atoms. The molecule has 0 aliphatic carbocycles. The van der Waals surface area contributed by atoms with Crippen LogP contribution in [0.25, 0.3) is 0 Å². The molecule has 2 heterocycles. The molecule has 2 N–H and O–H groups in total. The third-order valence-electron chi connectivity index (χ3n) is 5.04. The van der Waals surface area contributed by atoms with Crippen LogP contribution in [0.15, 0.2) is 23.5 Å². The molecule has 1 saturated heterocycles. The van der Waals surface area contributed by atoms with Crippen LogP contribution < -0.4 is 10.6 Å². The van der Waals surface area contributed by atoms with Gasteiger partial charge in [0.2, 0.25) is 0 Å². The van der Waals surface area contributed by atoms with E-state index >= 15 is 0 Å². The second-order valence-corrected chi connectivity index (χ2v) is 9.12. The van der Waals surface area contributed by atoms with Gasteiger partial charge in [-0.2, -0.15) is 0 Å². The van der Waals surface area contributed by atoms with E-state index in [1.165, 1.54) is 11.1 Å². The highest BCUT2D eigenvalue weighted by Crippen LogP contribution is 2.33. The standard InChI is InChI=1S/C22H37N5O3.HI/c1-15-13-24-11-9-17(15)10-12-25-19(23-8)26-14-18-16(2)29-22(6,7)27(18)20(28)30-21(3,4)5;/h9,11,13,16,18H,10,12,14H2,1-8H3,(H2,23,25,26);1H. The predicted octanol–water partition coefficient (Wildman–Crippen LogP) is 3.48. The van der Waals surface area contributed by atoms with E-state index < -0.39 is 11.3 Å². The molecule has 8 nitrogen and oxygen atoms in total. The number of rotatable bonds is 5. The Hall–Kier alpha value is -1.62. The third-order valence-corrected chi connectivity index (χ3v) is 5.04. The molecule has 0 bridgehead atoms. The van der Waals surface area contributed by atoms with Crippen molar-refractivity contribution in [1.82, 2.24) is 20.5 Å². The summed E-state index contributed by atoms with van der Waals surface area (Å²) in [6, 6.07) is 1.85.